The molecule has 3 amide bonds. The van der Waals surface area contributed by atoms with Gasteiger partial charge < -0.3 is 21.7 Å². The lowest BCUT2D eigenvalue weighted by molar-refractivity contribution is -0.117. The zero-order valence-electron chi connectivity index (χ0n) is 27.4. The molecule has 0 aliphatic carbocycles. The highest BCUT2D eigenvalue weighted by Gasteiger charge is 2.29. The van der Waals surface area contributed by atoms with Gasteiger partial charge in [-0.2, -0.15) is 10.2 Å². The molecule has 0 saturated carbocycles. The van der Waals surface area contributed by atoms with Crippen molar-refractivity contribution in [1.29, 1.82) is 0 Å². The van der Waals surface area contributed by atoms with E-state index in [4.69, 9.17) is 5.73 Å². The Hall–Kier alpha value is -6.66. The smallest absolute Gasteiger partial charge is 0.276 e. The molecule has 0 saturated heterocycles. The van der Waals surface area contributed by atoms with Crippen LogP contribution in [0.2, 0.25) is 0 Å². The zero-order valence-corrected chi connectivity index (χ0v) is 28.2. The van der Waals surface area contributed by atoms with Gasteiger partial charge in [0.2, 0.25) is 5.91 Å². The average Bonchev–Trinajstić information content (AvgIpc) is 3.70. The van der Waals surface area contributed by atoms with Gasteiger partial charge in [-0.1, -0.05) is 72.4 Å². The third-order valence-electron chi connectivity index (χ3n) is 8.11. The van der Waals surface area contributed by atoms with E-state index in [1.807, 2.05) is 121 Å². The van der Waals surface area contributed by atoms with Crippen molar-refractivity contribution in [2.45, 2.75) is 18.2 Å². The summed E-state index contributed by atoms with van der Waals surface area (Å²) in [7, 11) is 0. The Morgan fingerprint density at radius 1 is 0.706 bits per heavy atom. The number of nitrogens with two attached hydrogens (primary N) is 1. The molecule has 0 unspecified atom stereocenters. The molecule has 0 aromatic heterocycles. The van der Waals surface area contributed by atoms with Crippen LogP contribution in [0, 0.1) is 0 Å². The number of anilines is 4. The average molecular weight is 693 g/mol. The topological polar surface area (TPSA) is 162 Å². The summed E-state index contributed by atoms with van der Waals surface area (Å²) in [5.41, 5.74) is 20.6. The van der Waals surface area contributed by atoms with Gasteiger partial charge in [0.1, 0.15) is 5.04 Å². The molecular formula is C39H32N8O3S. The standard InChI is InChI=1S/C21H18N4O2.C18H14N4OS/c1-13(26)22-16-9-6-14(7-10-16)12-19-20(21(27)25-24-19)18-11-8-15-4-2-3-5-17(15)23-18;19-12-6-8-13(9-7-12)24-18-16(17(23)21-22-18)15-10-5-11-3-1-2-4-14(11)20-15/h2-11,23H,12H2,1H3,(H,22,26)(H,25,27);1-10,20H,19H2,(H,21,23). The van der Waals surface area contributed by atoms with Crippen molar-refractivity contribution in [2.75, 3.05) is 21.7 Å². The van der Waals surface area contributed by atoms with E-state index in [9.17, 15) is 14.4 Å². The van der Waals surface area contributed by atoms with Crippen molar-refractivity contribution in [3.63, 3.8) is 0 Å². The molecular weight excluding hydrogens is 661 g/mol. The van der Waals surface area contributed by atoms with Crippen LogP contribution in [0.5, 0.6) is 0 Å². The van der Waals surface area contributed by atoms with Crippen LogP contribution in [-0.2, 0) is 20.8 Å². The highest BCUT2D eigenvalue weighted by atomic mass is 32.2. The molecule has 252 valence electrons. The van der Waals surface area contributed by atoms with E-state index in [0.29, 0.717) is 34.0 Å². The number of carbonyl (C=O) groups is 3. The molecule has 4 heterocycles. The molecule has 0 spiro atoms. The van der Waals surface area contributed by atoms with Crippen LogP contribution in [-0.4, -0.2) is 28.5 Å². The number of allylic oxidation sites excluding steroid dienone is 2. The third kappa shape index (κ3) is 7.51. The second-order valence-corrected chi connectivity index (χ2v) is 12.8. The van der Waals surface area contributed by atoms with Crippen LogP contribution in [0.25, 0.3) is 12.2 Å². The number of hydrazone groups is 2. The fraction of sp³-hybridized carbons (Fsp3) is 0.0513. The van der Waals surface area contributed by atoms with Gasteiger partial charge >= 0.3 is 0 Å². The highest BCUT2D eigenvalue weighted by Crippen LogP contribution is 2.32. The first-order chi connectivity index (χ1) is 24.8. The minimum atomic E-state index is -0.216. The Labute approximate surface area is 298 Å². The number of fused-ring (bicyclic) bond motifs is 2. The van der Waals surface area contributed by atoms with Gasteiger partial charge in [0.05, 0.1) is 28.3 Å². The van der Waals surface area contributed by atoms with Gasteiger partial charge in [0, 0.05) is 41.0 Å². The molecule has 8 rings (SSSR count). The first-order valence-electron chi connectivity index (χ1n) is 16.0. The Morgan fingerprint density at radius 3 is 1.90 bits per heavy atom. The van der Waals surface area contributed by atoms with Crippen LogP contribution in [0.4, 0.5) is 22.7 Å². The molecule has 0 bridgehead atoms. The number of para-hydroxylation sites is 2. The number of rotatable bonds is 4. The molecule has 0 atom stereocenters. The van der Waals surface area contributed by atoms with Gasteiger partial charge in [-0.05, 0) is 77.4 Å². The maximum Gasteiger partial charge on any atom is 0.276 e. The Bertz CT molecular complexity index is 2250. The van der Waals surface area contributed by atoms with Gasteiger partial charge in [-0.3, -0.25) is 14.4 Å². The van der Waals surface area contributed by atoms with Crippen molar-refractivity contribution in [3.05, 3.63) is 148 Å². The van der Waals surface area contributed by atoms with Crippen molar-refractivity contribution in [2.24, 2.45) is 10.2 Å². The van der Waals surface area contributed by atoms with E-state index in [-0.39, 0.29) is 17.7 Å². The highest BCUT2D eigenvalue weighted by molar-refractivity contribution is 8.14. The number of thioether (sulfide) groups is 1. The number of amides is 3. The first kappa shape index (κ1) is 32.9. The van der Waals surface area contributed by atoms with Crippen molar-refractivity contribution < 1.29 is 14.4 Å². The summed E-state index contributed by atoms with van der Waals surface area (Å²) in [6.45, 7) is 1.47. The number of carbonyl (C=O) groups excluding carboxylic acids is 3. The zero-order chi connectivity index (χ0) is 35.3. The van der Waals surface area contributed by atoms with Crippen molar-refractivity contribution in [3.8, 4) is 0 Å². The van der Waals surface area contributed by atoms with Crippen LogP contribution in [0.1, 0.15) is 23.6 Å². The predicted octanol–water partition coefficient (Wildman–Crippen LogP) is 6.26. The van der Waals surface area contributed by atoms with Crippen LogP contribution < -0.4 is 32.5 Å². The van der Waals surface area contributed by atoms with Crippen molar-refractivity contribution >= 4 is 75.1 Å². The summed E-state index contributed by atoms with van der Waals surface area (Å²) < 4.78 is 0. The third-order valence-corrected chi connectivity index (χ3v) is 9.10. The molecule has 4 aliphatic rings. The van der Waals surface area contributed by atoms with E-state index in [1.54, 1.807) is 0 Å². The number of hydrogen-bond acceptors (Lipinski definition) is 9. The summed E-state index contributed by atoms with van der Waals surface area (Å²) in [5.74, 6) is -0.536. The molecule has 4 aromatic rings. The molecule has 4 aromatic carbocycles. The summed E-state index contributed by atoms with van der Waals surface area (Å²) in [6.07, 6.45) is 8.29. The van der Waals surface area contributed by atoms with Crippen LogP contribution in [0.15, 0.2) is 147 Å². The van der Waals surface area contributed by atoms with Gasteiger partial charge in [0.15, 0.2) is 0 Å². The summed E-state index contributed by atoms with van der Waals surface area (Å²) in [5, 5.41) is 18.4. The Morgan fingerprint density at radius 2 is 1.27 bits per heavy atom. The molecule has 11 nitrogen and oxygen atoms in total. The molecule has 7 N–H and O–H groups in total. The molecule has 4 aliphatic heterocycles. The van der Waals surface area contributed by atoms with Gasteiger partial charge in [0.25, 0.3) is 11.8 Å². The molecule has 0 radical (unpaired) electrons. The number of nitrogens with zero attached hydrogens (tertiary/aromatic N) is 2. The summed E-state index contributed by atoms with van der Waals surface area (Å²) in [4.78, 5) is 36.7. The predicted molar refractivity (Wildman–Crippen MR) is 205 cm³/mol. The molecule has 51 heavy (non-hydrogen) atoms. The normalized spacial score (nSPS) is 18.1. The number of hydrogen-bond donors (Lipinski definition) is 6. The lowest BCUT2D eigenvalue weighted by atomic mass is 9.98. The lowest BCUT2D eigenvalue weighted by Crippen LogP contribution is -2.19. The van der Waals surface area contributed by atoms with Gasteiger partial charge in [-0.25, -0.2) is 10.9 Å². The number of nitrogen functional groups attached to an aromatic ring is 1. The van der Waals surface area contributed by atoms with Crippen molar-refractivity contribution in [1.82, 2.24) is 10.9 Å². The quantitative estimate of drug-likeness (QED) is 0.109. The minimum Gasteiger partial charge on any atom is -0.399 e. The van der Waals surface area contributed by atoms with Crippen LogP contribution in [0.3, 0.4) is 0 Å². The maximum atomic E-state index is 12.4. The number of nitrogens with one attached hydrogen (secondary N) is 5. The Kier molecular flexibility index (Phi) is 9.31. The lowest BCUT2D eigenvalue weighted by Gasteiger charge is -2.17. The van der Waals surface area contributed by atoms with Gasteiger partial charge in [-0.15, -0.1) is 0 Å². The second-order valence-electron chi connectivity index (χ2n) is 11.8. The largest absolute Gasteiger partial charge is 0.399 e. The fourth-order valence-corrected chi connectivity index (χ4v) is 6.55. The summed E-state index contributed by atoms with van der Waals surface area (Å²) in [6, 6.07) is 30.8. The first-order valence-corrected chi connectivity index (χ1v) is 16.8. The second kappa shape index (κ2) is 14.4. The SMILES string of the molecule is CC(=O)Nc1ccc(CC2=NNC(=O)C2=C2C=Cc3ccccc3N2)cc1.Nc1ccc(SC2=NNC(=O)C2=C2C=Cc3ccccc3N2)cc1. The Balaban J connectivity index is 0.000000160. The number of benzene rings is 4. The minimum absolute atomic E-state index is 0.111. The fourth-order valence-electron chi connectivity index (χ4n) is 5.66. The summed E-state index contributed by atoms with van der Waals surface area (Å²) >= 11 is 1.43. The molecule has 12 heteroatoms. The van der Waals surface area contributed by atoms with E-state index < -0.39 is 0 Å². The maximum absolute atomic E-state index is 12.4. The monoisotopic (exact) mass is 692 g/mol. The van der Waals surface area contributed by atoms with E-state index in [0.717, 1.165) is 50.0 Å². The molecule has 0 fully saturated rings. The van der Waals surface area contributed by atoms with E-state index in [2.05, 4.69) is 37.0 Å². The van der Waals surface area contributed by atoms with E-state index >= 15 is 0 Å². The van der Waals surface area contributed by atoms with E-state index in [1.165, 1.54) is 18.7 Å². The van der Waals surface area contributed by atoms with Crippen LogP contribution >= 0.6 is 11.8 Å².